The summed E-state index contributed by atoms with van der Waals surface area (Å²) in [5.41, 5.74) is -0.297. The molecule has 1 aromatic heterocycles. The lowest BCUT2D eigenvalue weighted by Crippen LogP contribution is -2.37. The van der Waals surface area contributed by atoms with Crippen LogP contribution in [-0.4, -0.2) is 23.6 Å². The maximum absolute atomic E-state index is 11.7. The van der Waals surface area contributed by atoms with Crippen molar-refractivity contribution in [1.82, 2.24) is 9.88 Å². The molecule has 0 aliphatic rings. The van der Waals surface area contributed by atoms with E-state index in [2.05, 4.69) is 5.32 Å². The molecule has 0 radical (unpaired) electrons. The Kier molecular flexibility index (Phi) is 4.75. The molecule has 1 aromatic rings. The zero-order chi connectivity index (χ0) is 12.8. The van der Waals surface area contributed by atoms with Gasteiger partial charge in [-0.05, 0) is 25.5 Å². The number of rotatable bonds is 5. The highest BCUT2D eigenvalue weighted by Crippen LogP contribution is 2.00. The normalized spacial score (nSPS) is 11.9. The monoisotopic (exact) mass is 238 g/mol. The number of aromatic nitrogens is 1. The Bertz CT molecular complexity index is 440. The van der Waals surface area contributed by atoms with Crippen LogP contribution in [0.4, 0.5) is 0 Å². The number of pyridine rings is 1. The van der Waals surface area contributed by atoms with Crippen LogP contribution in [0.1, 0.15) is 20.3 Å². The van der Waals surface area contributed by atoms with E-state index in [-0.39, 0.29) is 29.8 Å². The summed E-state index contributed by atoms with van der Waals surface area (Å²) < 4.78 is 6.23. The van der Waals surface area contributed by atoms with Gasteiger partial charge in [0.05, 0.1) is 7.11 Å². The first kappa shape index (κ1) is 13.3. The Labute approximate surface area is 100 Å². The Morgan fingerprint density at radius 2 is 2.29 bits per heavy atom. The standard InChI is InChI=1S/C12H18N2O3/c1-4-9(2)13-11(15)8-14-7-5-6-10(17-3)12(14)16/h5-7,9H,4,8H2,1-3H3,(H,13,15). The van der Waals surface area contributed by atoms with Crippen molar-refractivity contribution in [2.75, 3.05) is 7.11 Å². The number of methoxy groups -OCH3 is 1. The number of amides is 1. The first-order chi connectivity index (χ1) is 8.08. The van der Waals surface area contributed by atoms with Gasteiger partial charge in [0.15, 0.2) is 5.75 Å². The van der Waals surface area contributed by atoms with Crippen LogP contribution in [0.25, 0.3) is 0 Å². The molecule has 1 N–H and O–H groups in total. The lowest BCUT2D eigenvalue weighted by atomic mass is 10.2. The molecule has 94 valence electrons. The van der Waals surface area contributed by atoms with E-state index in [4.69, 9.17) is 4.74 Å². The first-order valence-corrected chi connectivity index (χ1v) is 5.61. The molecule has 0 aromatic carbocycles. The zero-order valence-corrected chi connectivity index (χ0v) is 10.4. The third-order valence-corrected chi connectivity index (χ3v) is 2.54. The van der Waals surface area contributed by atoms with Gasteiger partial charge in [0.1, 0.15) is 6.54 Å². The van der Waals surface area contributed by atoms with Crippen molar-refractivity contribution in [3.05, 3.63) is 28.7 Å². The summed E-state index contributed by atoms with van der Waals surface area (Å²) >= 11 is 0. The van der Waals surface area contributed by atoms with Gasteiger partial charge in [-0.3, -0.25) is 9.59 Å². The van der Waals surface area contributed by atoms with Gasteiger partial charge in [-0.1, -0.05) is 6.92 Å². The van der Waals surface area contributed by atoms with Crippen LogP contribution in [-0.2, 0) is 11.3 Å². The highest BCUT2D eigenvalue weighted by Gasteiger charge is 2.09. The van der Waals surface area contributed by atoms with Crippen LogP contribution >= 0.6 is 0 Å². The Morgan fingerprint density at radius 1 is 1.59 bits per heavy atom. The topological polar surface area (TPSA) is 60.3 Å². The van der Waals surface area contributed by atoms with Gasteiger partial charge in [-0.25, -0.2) is 0 Å². The average Bonchev–Trinajstić information content (AvgIpc) is 2.31. The predicted octanol–water partition coefficient (Wildman–Crippen LogP) is 0.772. The minimum Gasteiger partial charge on any atom is -0.491 e. The molecule has 1 atom stereocenters. The fraction of sp³-hybridized carbons (Fsp3) is 0.500. The van der Waals surface area contributed by atoms with E-state index in [1.54, 1.807) is 18.3 Å². The highest BCUT2D eigenvalue weighted by atomic mass is 16.5. The molecule has 17 heavy (non-hydrogen) atoms. The van der Waals surface area contributed by atoms with Crippen molar-refractivity contribution in [3.8, 4) is 5.75 Å². The van der Waals surface area contributed by atoms with Gasteiger partial charge in [-0.2, -0.15) is 0 Å². The van der Waals surface area contributed by atoms with Crippen molar-refractivity contribution in [2.45, 2.75) is 32.9 Å². The van der Waals surface area contributed by atoms with E-state index in [9.17, 15) is 9.59 Å². The van der Waals surface area contributed by atoms with Crippen LogP contribution in [0.5, 0.6) is 5.75 Å². The maximum atomic E-state index is 11.7. The van der Waals surface area contributed by atoms with Crippen molar-refractivity contribution in [1.29, 1.82) is 0 Å². The summed E-state index contributed by atoms with van der Waals surface area (Å²) in [6, 6.07) is 3.37. The Morgan fingerprint density at radius 3 is 2.88 bits per heavy atom. The molecule has 1 rings (SSSR count). The number of ether oxygens (including phenoxy) is 1. The van der Waals surface area contributed by atoms with Crippen LogP contribution in [0.2, 0.25) is 0 Å². The SMILES string of the molecule is CCC(C)NC(=O)Cn1cccc(OC)c1=O. The molecule has 1 amide bonds. The van der Waals surface area contributed by atoms with Crippen molar-refractivity contribution >= 4 is 5.91 Å². The summed E-state index contributed by atoms with van der Waals surface area (Å²) in [5.74, 6) is 0.0681. The van der Waals surface area contributed by atoms with E-state index < -0.39 is 0 Å². The number of hydrogen-bond donors (Lipinski definition) is 1. The molecule has 1 heterocycles. The molecule has 5 heteroatoms. The van der Waals surface area contributed by atoms with Crippen LogP contribution in [0.15, 0.2) is 23.1 Å². The van der Waals surface area contributed by atoms with Gasteiger partial charge in [0.25, 0.3) is 5.56 Å². The summed E-state index contributed by atoms with van der Waals surface area (Å²) in [6.07, 6.45) is 2.43. The van der Waals surface area contributed by atoms with Gasteiger partial charge >= 0.3 is 0 Å². The molecule has 0 saturated carbocycles. The summed E-state index contributed by atoms with van der Waals surface area (Å²) in [4.78, 5) is 23.4. The van der Waals surface area contributed by atoms with Crippen LogP contribution in [0, 0.1) is 0 Å². The number of carbonyl (C=O) groups excluding carboxylic acids is 1. The molecule has 0 aliphatic heterocycles. The number of nitrogens with one attached hydrogen (secondary N) is 1. The molecule has 1 unspecified atom stereocenters. The van der Waals surface area contributed by atoms with Gasteiger partial charge in [0.2, 0.25) is 5.91 Å². The van der Waals surface area contributed by atoms with E-state index in [0.29, 0.717) is 0 Å². The fourth-order valence-electron chi connectivity index (χ4n) is 1.37. The Hall–Kier alpha value is -1.78. The summed E-state index contributed by atoms with van der Waals surface area (Å²) in [7, 11) is 1.43. The van der Waals surface area contributed by atoms with Crippen LogP contribution < -0.4 is 15.6 Å². The molecule has 0 bridgehead atoms. The first-order valence-electron chi connectivity index (χ1n) is 5.61. The number of hydrogen-bond acceptors (Lipinski definition) is 3. The molecule has 0 spiro atoms. The van der Waals surface area contributed by atoms with E-state index in [1.807, 2.05) is 13.8 Å². The molecule has 0 aliphatic carbocycles. The molecular formula is C12H18N2O3. The third-order valence-electron chi connectivity index (χ3n) is 2.54. The second kappa shape index (κ2) is 6.08. The van der Waals surface area contributed by atoms with Crippen molar-refractivity contribution < 1.29 is 9.53 Å². The minimum atomic E-state index is -0.297. The fourth-order valence-corrected chi connectivity index (χ4v) is 1.37. The van der Waals surface area contributed by atoms with Gasteiger partial charge < -0.3 is 14.6 Å². The molecule has 0 fully saturated rings. The van der Waals surface area contributed by atoms with Gasteiger partial charge in [0, 0.05) is 12.2 Å². The summed E-state index contributed by atoms with van der Waals surface area (Å²) in [5, 5.41) is 2.80. The smallest absolute Gasteiger partial charge is 0.293 e. The zero-order valence-electron chi connectivity index (χ0n) is 10.4. The minimum absolute atomic E-state index is 0.0143. The second-order valence-corrected chi connectivity index (χ2v) is 3.89. The van der Waals surface area contributed by atoms with Crippen LogP contribution in [0.3, 0.4) is 0 Å². The highest BCUT2D eigenvalue weighted by molar-refractivity contribution is 5.76. The van der Waals surface area contributed by atoms with E-state index in [0.717, 1.165) is 6.42 Å². The quantitative estimate of drug-likeness (QED) is 0.824. The van der Waals surface area contributed by atoms with E-state index >= 15 is 0 Å². The van der Waals surface area contributed by atoms with Gasteiger partial charge in [-0.15, -0.1) is 0 Å². The number of nitrogens with zero attached hydrogens (tertiary/aromatic N) is 1. The second-order valence-electron chi connectivity index (χ2n) is 3.89. The third kappa shape index (κ3) is 3.62. The lowest BCUT2D eigenvalue weighted by molar-refractivity contribution is -0.122. The molecule has 5 nitrogen and oxygen atoms in total. The summed E-state index contributed by atoms with van der Waals surface area (Å²) in [6.45, 7) is 3.93. The molecular weight excluding hydrogens is 220 g/mol. The van der Waals surface area contributed by atoms with E-state index in [1.165, 1.54) is 11.7 Å². The van der Waals surface area contributed by atoms with Crippen molar-refractivity contribution in [3.63, 3.8) is 0 Å². The van der Waals surface area contributed by atoms with Crippen molar-refractivity contribution in [2.24, 2.45) is 0 Å². The lowest BCUT2D eigenvalue weighted by Gasteiger charge is -2.12. The number of carbonyl (C=O) groups is 1. The molecule has 0 saturated heterocycles. The predicted molar refractivity (Wildman–Crippen MR) is 65.1 cm³/mol. The largest absolute Gasteiger partial charge is 0.491 e. The Balaban J connectivity index is 2.75. The average molecular weight is 238 g/mol. The maximum Gasteiger partial charge on any atom is 0.293 e.